The van der Waals surface area contributed by atoms with Crippen molar-refractivity contribution in [3.05, 3.63) is 75.0 Å². The normalized spacial score (nSPS) is 11.0. The predicted molar refractivity (Wildman–Crippen MR) is 99.7 cm³/mol. The van der Waals surface area contributed by atoms with E-state index in [9.17, 15) is 15.2 Å². The number of furan rings is 1. The third-order valence-corrected chi connectivity index (χ3v) is 4.29. The van der Waals surface area contributed by atoms with Crippen LogP contribution in [-0.4, -0.2) is 9.67 Å². The van der Waals surface area contributed by atoms with E-state index in [0.29, 0.717) is 11.4 Å². The van der Waals surface area contributed by atoms with Crippen LogP contribution in [-0.2, 0) is 6.54 Å². The Hall–Kier alpha value is -3.66. The SMILES string of the molecule is Cc1ccc(C)c(N=Nc2c(C)c(C#N)c(O)n(Cc3ccco3)c2=O)c1. The standard InChI is InChI=1S/C20H18N4O3/c1-12-6-7-13(2)17(9-12)22-23-18-14(3)16(10-21)19(25)24(20(18)26)11-15-5-4-8-27-15/h4-9,25H,11H2,1-3H3. The largest absolute Gasteiger partial charge is 0.493 e. The number of hydrogen-bond donors (Lipinski definition) is 1. The molecule has 3 aromatic rings. The highest BCUT2D eigenvalue weighted by Crippen LogP contribution is 2.28. The minimum Gasteiger partial charge on any atom is -0.493 e. The number of aryl methyl sites for hydroxylation is 2. The summed E-state index contributed by atoms with van der Waals surface area (Å²) >= 11 is 0. The van der Waals surface area contributed by atoms with Crippen molar-refractivity contribution < 1.29 is 9.52 Å². The molecule has 0 atom stereocenters. The Morgan fingerprint density at radius 2 is 2.00 bits per heavy atom. The molecule has 2 aromatic heterocycles. The summed E-state index contributed by atoms with van der Waals surface area (Å²) in [6, 6.07) is 11.0. The Bertz CT molecular complexity index is 1120. The highest BCUT2D eigenvalue weighted by molar-refractivity contribution is 5.57. The van der Waals surface area contributed by atoms with E-state index >= 15 is 0 Å². The van der Waals surface area contributed by atoms with Gasteiger partial charge in [-0.05, 0) is 50.1 Å². The number of aromatic hydroxyl groups is 1. The van der Waals surface area contributed by atoms with Crippen molar-refractivity contribution in [3.8, 4) is 11.9 Å². The zero-order valence-electron chi connectivity index (χ0n) is 15.2. The van der Waals surface area contributed by atoms with Crippen LogP contribution in [0.3, 0.4) is 0 Å². The van der Waals surface area contributed by atoms with Gasteiger partial charge >= 0.3 is 0 Å². The maximum atomic E-state index is 12.9. The lowest BCUT2D eigenvalue weighted by atomic mass is 10.1. The van der Waals surface area contributed by atoms with Gasteiger partial charge in [0.2, 0.25) is 5.88 Å². The molecule has 0 bridgehead atoms. The molecule has 0 unspecified atom stereocenters. The molecular weight excluding hydrogens is 344 g/mol. The van der Waals surface area contributed by atoms with Crippen LogP contribution < -0.4 is 5.56 Å². The van der Waals surface area contributed by atoms with E-state index in [1.54, 1.807) is 19.1 Å². The fraction of sp³-hybridized carbons (Fsp3) is 0.200. The van der Waals surface area contributed by atoms with Crippen molar-refractivity contribution in [2.45, 2.75) is 27.3 Å². The minimum absolute atomic E-state index is 0.0109. The van der Waals surface area contributed by atoms with Gasteiger partial charge in [0.05, 0.1) is 18.5 Å². The molecular formula is C20H18N4O3. The third kappa shape index (κ3) is 3.51. The van der Waals surface area contributed by atoms with E-state index < -0.39 is 11.4 Å². The van der Waals surface area contributed by atoms with Crippen molar-refractivity contribution >= 4 is 11.4 Å². The Labute approximate surface area is 155 Å². The molecule has 27 heavy (non-hydrogen) atoms. The molecule has 0 aliphatic rings. The fourth-order valence-electron chi connectivity index (χ4n) is 2.69. The van der Waals surface area contributed by atoms with Crippen molar-refractivity contribution in [1.29, 1.82) is 5.26 Å². The quantitative estimate of drug-likeness (QED) is 0.694. The molecule has 136 valence electrons. The summed E-state index contributed by atoms with van der Waals surface area (Å²) in [6.45, 7) is 5.38. The molecule has 1 aromatic carbocycles. The van der Waals surface area contributed by atoms with Crippen molar-refractivity contribution in [2.24, 2.45) is 10.2 Å². The summed E-state index contributed by atoms with van der Waals surface area (Å²) in [4.78, 5) is 12.9. The van der Waals surface area contributed by atoms with Gasteiger partial charge in [-0.1, -0.05) is 12.1 Å². The summed E-state index contributed by atoms with van der Waals surface area (Å²) in [5.41, 5.74) is 2.30. The van der Waals surface area contributed by atoms with Crippen molar-refractivity contribution in [2.75, 3.05) is 0 Å². The van der Waals surface area contributed by atoms with Crippen LogP contribution in [0, 0.1) is 32.1 Å². The first kappa shape index (κ1) is 18.1. The number of azo groups is 1. The molecule has 1 N–H and O–H groups in total. The van der Waals surface area contributed by atoms with Crippen LogP contribution in [0.15, 0.2) is 56.0 Å². The maximum absolute atomic E-state index is 12.9. The first-order valence-electron chi connectivity index (χ1n) is 8.30. The van der Waals surface area contributed by atoms with Crippen LogP contribution in [0.2, 0.25) is 0 Å². The van der Waals surface area contributed by atoms with Crippen molar-refractivity contribution in [1.82, 2.24) is 4.57 Å². The molecule has 2 heterocycles. The van der Waals surface area contributed by atoms with Crippen LogP contribution in [0.1, 0.15) is 28.0 Å². The van der Waals surface area contributed by atoms with Crippen LogP contribution >= 0.6 is 0 Å². The van der Waals surface area contributed by atoms with Gasteiger partial charge in [-0.2, -0.15) is 10.4 Å². The Balaban J connectivity index is 2.15. The van der Waals surface area contributed by atoms with E-state index in [2.05, 4.69) is 10.2 Å². The fourth-order valence-corrected chi connectivity index (χ4v) is 2.69. The number of benzene rings is 1. The first-order chi connectivity index (χ1) is 12.9. The molecule has 0 saturated heterocycles. The number of pyridine rings is 1. The lowest BCUT2D eigenvalue weighted by Crippen LogP contribution is -2.22. The number of aromatic nitrogens is 1. The summed E-state index contributed by atoms with van der Waals surface area (Å²) in [7, 11) is 0. The predicted octanol–water partition coefficient (Wildman–Crippen LogP) is 4.41. The third-order valence-electron chi connectivity index (χ3n) is 4.29. The van der Waals surface area contributed by atoms with Gasteiger partial charge in [0.1, 0.15) is 17.4 Å². The maximum Gasteiger partial charge on any atom is 0.281 e. The van der Waals surface area contributed by atoms with E-state index in [-0.39, 0.29) is 23.4 Å². The highest BCUT2D eigenvalue weighted by atomic mass is 16.3. The highest BCUT2D eigenvalue weighted by Gasteiger charge is 2.20. The lowest BCUT2D eigenvalue weighted by molar-refractivity contribution is 0.397. The number of rotatable bonds is 4. The van der Waals surface area contributed by atoms with Gasteiger partial charge in [0.15, 0.2) is 5.69 Å². The van der Waals surface area contributed by atoms with Crippen molar-refractivity contribution in [3.63, 3.8) is 0 Å². The van der Waals surface area contributed by atoms with Crippen LogP contribution in [0.4, 0.5) is 11.4 Å². The second kappa shape index (κ2) is 7.30. The molecule has 0 radical (unpaired) electrons. The summed E-state index contributed by atoms with van der Waals surface area (Å²) in [5, 5.41) is 28.1. The Morgan fingerprint density at radius 3 is 2.67 bits per heavy atom. The second-order valence-electron chi connectivity index (χ2n) is 6.24. The van der Waals surface area contributed by atoms with Gasteiger partial charge < -0.3 is 9.52 Å². The summed E-state index contributed by atoms with van der Waals surface area (Å²) in [6.07, 6.45) is 1.47. The van der Waals surface area contributed by atoms with Crippen LogP contribution in [0.25, 0.3) is 0 Å². The Morgan fingerprint density at radius 1 is 1.22 bits per heavy atom. The molecule has 0 saturated carbocycles. The van der Waals surface area contributed by atoms with E-state index in [1.807, 2.05) is 38.1 Å². The molecule has 0 aliphatic heterocycles. The Kier molecular flexibility index (Phi) is 4.90. The molecule has 0 fully saturated rings. The van der Waals surface area contributed by atoms with Gasteiger partial charge in [0, 0.05) is 5.56 Å². The monoisotopic (exact) mass is 362 g/mol. The molecule has 0 spiro atoms. The number of hydrogen-bond acceptors (Lipinski definition) is 6. The zero-order chi connectivity index (χ0) is 19.6. The second-order valence-corrected chi connectivity index (χ2v) is 6.24. The average Bonchev–Trinajstić information content (AvgIpc) is 3.15. The molecule has 7 heteroatoms. The summed E-state index contributed by atoms with van der Waals surface area (Å²) in [5.74, 6) is 0.0552. The first-order valence-corrected chi connectivity index (χ1v) is 8.30. The van der Waals surface area contributed by atoms with E-state index in [1.165, 1.54) is 6.26 Å². The summed E-state index contributed by atoms with van der Waals surface area (Å²) < 4.78 is 6.30. The lowest BCUT2D eigenvalue weighted by Gasteiger charge is -2.12. The minimum atomic E-state index is -0.547. The number of nitrogens with zero attached hydrogens (tertiary/aromatic N) is 4. The number of nitriles is 1. The van der Waals surface area contributed by atoms with E-state index in [0.717, 1.165) is 15.7 Å². The van der Waals surface area contributed by atoms with Gasteiger partial charge in [-0.15, -0.1) is 5.11 Å². The van der Waals surface area contributed by atoms with E-state index in [4.69, 9.17) is 4.42 Å². The smallest absolute Gasteiger partial charge is 0.281 e. The molecule has 3 rings (SSSR count). The van der Waals surface area contributed by atoms with Gasteiger partial charge in [0.25, 0.3) is 5.56 Å². The van der Waals surface area contributed by atoms with Crippen LogP contribution in [0.5, 0.6) is 5.88 Å². The molecule has 0 aliphatic carbocycles. The topological polar surface area (TPSA) is 104 Å². The average molecular weight is 362 g/mol. The van der Waals surface area contributed by atoms with Gasteiger partial charge in [-0.25, -0.2) is 0 Å². The van der Waals surface area contributed by atoms with Gasteiger partial charge in [-0.3, -0.25) is 9.36 Å². The zero-order valence-corrected chi connectivity index (χ0v) is 15.2. The molecule has 0 amide bonds. The molecule has 7 nitrogen and oxygen atoms in total.